The molecule has 0 aromatic heterocycles. The molecule has 20 heavy (non-hydrogen) atoms. The molecule has 0 saturated carbocycles. The van der Waals surface area contributed by atoms with Crippen molar-refractivity contribution in [2.45, 2.75) is 33.9 Å². The minimum absolute atomic E-state index is 0.0364. The number of carbonyl (C=O) groups is 1. The first-order valence-corrected chi connectivity index (χ1v) is 7.08. The highest BCUT2D eigenvalue weighted by Gasteiger charge is 2.35. The fraction of sp³-hybridized carbons (Fsp3) is 0.562. The summed E-state index contributed by atoms with van der Waals surface area (Å²) < 4.78 is 13.9. The molecule has 1 fully saturated rings. The van der Waals surface area contributed by atoms with E-state index in [0.717, 1.165) is 0 Å². The number of hydrogen-bond donors (Lipinski definition) is 1. The summed E-state index contributed by atoms with van der Waals surface area (Å²) in [6, 6.07) is 6.64. The largest absolute Gasteiger partial charge is 0.321 e. The van der Waals surface area contributed by atoms with E-state index in [0.29, 0.717) is 18.0 Å². The lowest BCUT2D eigenvalue weighted by Gasteiger charge is -2.34. The number of hydrogen-bond acceptors (Lipinski definition) is 2. The number of rotatable bonds is 3. The highest BCUT2D eigenvalue weighted by Crippen LogP contribution is 2.31. The van der Waals surface area contributed by atoms with Gasteiger partial charge in [0, 0.05) is 12.1 Å². The number of carbonyl (C=O) groups excluding carboxylic acids is 1. The second kappa shape index (κ2) is 5.52. The summed E-state index contributed by atoms with van der Waals surface area (Å²) in [5.74, 6) is 0.100. The van der Waals surface area contributed by atoms with Crippen molar-refractivity contribution in [1.82, 2.24) is 10.2 Å². The Labute approximate surface area is 120 Å². The van der Waals surface area contributed by atoms with Crippen LogP contribution in [0.5, 0.6) is 0 Å². The van der Waals surface area contributed by atoms with Crippen LogP contribution in [-0.4, -0.2) is 23.9 Å². The summed E-state index contributed by atoms with van der Waals surface area (Å²) >= 11 is 0. The van der Waals surface area contributed by atoms with E-state index in [4.69, 9.17) is 0 Å². The monoisotopic (exact) mass is 278 g/mol. The van der Waals surface area contributed by atoms with Gasteiger partial charge in [0.25, 0.3) is 0 Å². The second-order valence-corrected chi connectivity index (χ2v) is 6.62. The van der Waals surface area contributed by atoms with Crippen LogP contribution in [0.15, 0.2) is 24.3 Å². The standard InChI is InChI=1S/C16H23FN2O/c1-11(16(2,3)4)10-19-14(20)9-18-15(19)12-7-5-6-8-13(12)17/h5-8,11,15,18H,9-10H2,1-4H3. The van der Waals surface area contributed by atoms with E-state index in [1.54, 1.807) is 23.1 Å². The van der Waals surface area contributed by atoms with Crippen molar-refractivity contribution in [3.05, 3.63) is 35.6 Å². The molecule has 2 atom stereocenters. The summed E-state index contributed by atoms with van der Waals surface area (Å²) in [5.41, 5.74) is 0.655. The molecule has 1 N–H and O–H groups in total. The molecular weight excluding hydrogens is 255 g/mol. The summed E-state index contributed by atoms with van der Waals surface area (Å²) in [4.78, 5) is 13.8. The molecule has 1 aromatic rings. The molecule has 110 valence electrons. The van der Waals surface area contributed by atoms with Gasteiger partial charge in [-0.2, -0.15) is 0 Å². The molecule has 0 aliphatic carbocycles. The summed E-state index contributed by atoms with van der Waals surface area (Å²) in [6.07, 6.45) is -0.353. The predicted molar refractivity (Wildman–Crippen MR) is 77.5 cm³/mol. The Balaban J connectivity index is 2.22. The summed E-state index contributed by atoms with van der Waals surface area (Å²) in [7, 11) is 0. The quantitative estimate of drug-likeness (QED) is 0.922. The van der Waals surface area contributed by atoms with Crippen molar-refractivity contribution in [2.75, 3.05) is 13.1 Å². The lowest BCUT2D eigenvalue weighted by Crippen LogP contribution is -2.38. The van der Waals surface area contributed by atoms with Gasteiger partial charge in [-0.1, -0.05) is 45.9 Å². The second-order valence-electron chi connectivity index (χ2n) is 6.62. The maximum Gasteiger partial charge on any atom is 0.238 e. The van der Waals surface area contributed by atoms with Crippen LogP contribution in [0.25, 0.3) is 0 Å². The Morgan fingerprint density at radius 1 is 1.40 bits per heavy atom. The van der Waals surface area contributed by atoms with E-state index in [-0.39, 0.29) is 29.8 Å². The van der Waals surface area contributed by atoms with Gasteiger partial charge in [0.15, 0.2) is 0 Å². The molecule has 1 amide bonds. The molecule has 0 bridgehead atoms. The molecular formula is C16H23FN2O. The Morgan fingerprint density at radius 2 is 2.05 bits per heavy atom. The van der Waals surface area contributed by atoms with Crippen molar-refractivity contribution in [3.8, 4) is 0 Å². The maximum absolute atomic E-state index is 13.9. The zero-order valence-electron chi connectivity index (χ0n) is 12.6. The Bertz CT molecular complexity index is 495. The van der Waals surface area contributed by atoms with E-state index in [9.17, 15) is 9.18 Å². The molecule has 1 aliphatic heterocycles. The van der Waals surface area contributed by atoms with Crippen LogP contribution in [0.1, 0.15) is 39.4 Å². The minimum atomic E-state index is -0.353. The van der Waals surface area contributed by atoms with Crippen LogP contribution in [-0.2, 0) is 4.79 Å². The molecule has 3 nitrogen and oxygen atoms in total. The van der Waals surface area contributed by atoms with Crippen LogP contribution < -0.4 is 5.32 Å². The zero-order valence-corrected chi connectivity index (χ0v) is 12.6. The predicted octanol–water partition coefficient (Wildman–Crippen LogP) is 2.94. The molecule has 0 radical (unpaired) electrons. The van der Waals surface area contributed by atoms with Crippen molar-refractivity contribution in [2.24, 2.45) is 11.3 Å². The zero-order chi connectivity index (χ0) is 14.9. The molecule has 1 heterocycles. The van der Waals surface area contributed by atoms with E-state index in [1.807, 2.05) is 0 Å². The van der Waals surface area contributed by atoms with Gasteiger partial charge in [-0.3, -0.25) is 10.1 Å². The highest BCUT2D eigenvalue weighted by molar-refractivity contribution is 5.81. The third kappa shape index (κ3) is 3.01. The normalized spacial score (nSPS) is 21.4. The van der Waals surface area contributed by atoms with E-state index in [2.05, 4.69) is 33.0 Å². The number of benzene rings is 1. The van der Waals surface area contributed by atoms with E-state index >= 15 is 0 Å². The molecule has 1 aromatic carbocycles. The molecule has 1 saturated heterocycles. The number of amides is 1. The van der Waals surface area contributed by atoms with Crippen molar-refractivity contribution < 1.29 is 9.18 Å². The van der Waals surface area contributed by atoms with Gasteiger partial charge < -0.3 is 4.90 Å². The molecule has 1 aliphatic rings. The SMILES string of the molecule is CC(CN1C(=O)CNC1c1ccccc1F)C(C)(C)C. The molecule has 4 heteroatoms. The van der Waals surface area contributed by atoms with Gasteiger partial charge >= 0.3 is 0 Å². The van der Waals surface area contributed by atoms with Crippen LogP contribution in [0.3, 0.4) is 0 Å². The maximum atomic E-state index is 13.9. The van der Waals surface area contributed by atoms with Crippen LogP contribution in [0.4, 0.5) is 4.39 Å². The van der Waals surface area contributed by atoms with Crippen LogP contribution >= 0.6 is 0 Å². The van der Waals surface area contributed by atoms with Crippen LogP contribution in [0.2, 0.25) is 0 Å². The van der Waals surface area contributed by atoms with Gasteiger partial charge in [0.05, 0.1) is 6.54 Å². The fourth-order valence-electron chi connectivity index (χ4n) is 2.29. The van der Waals surface area contributed by atoms with E-state index < -0.39 is 0 Å². The summed E-state index contributed by atoms with van der Waals surface area (Å²) in [5, 5.41) is 3.11. The van der Waals surface area contributed by atoms with Crippen molar-refractivity contribution in [1.29, 1.82) is 0 Å². The van der Waals surface area contributed by atoms with Crippen molar-refractivity contribution >= 4 is 5.91 Å². The van der Waals surface area contributed by atoms with Gasteiger partial charge in [0.2, 0.25) is 5.91 Å². The topological polar surface area (TPSA) is 32.3 Å². The average Bonchev–Trinajstić information content (AvgIpc) is 2.71. The first-order chi connectivity index (χ1) is 9.30. The average molecular weight is 278 g/mol. The number of nitrogens with zero attached hydrogens (tertiary/aromatic N) is 1. The molecule has 0 spiro atoms. The van der Waals surface area contributed by atoms with Gasteiger partial charge in [0.1, 0.15) is 12.0 Å². The minimum Gasteiger partial charge on any atom is -0.321 e. The third-order valence-corrected chi connectivity index (χ3v) is 4.23. The van der Waals surface area contributed by atoms with Gasteiger partial charge in [-0.15, -0.1) is 0 Å². The first-order valence-electron chi connectivity index (χ1n) is 7.08. The van der Waals surface area contributed by atoms with E-state index in [1.165, 1.54) is 6.07 Å². The van der Waals surface area contributed by atoms with Crippen LogP contribution in [0, 0.1) is 17.2 Å². The smallest absolute Gasteiger partial charge is 0.238 e. The van der Waals surface area contributed by atoms with Gasteiger partial charge in [-0.25, -0.2) is 4.39 Å². The number of nitrogens with one attached hydrogen (secondary N) is 1. The number of halogens is 1. The van der Waals surface area contributed by atoms with Crippen molar-refractivity contribution in [3.63, 3.8) is 0 Å². The first kappa shape index (κ1) is 15.0. The fourth-order valence-corrected chi connectivity index (χ4v) is 2.29. The Hall–Kier alpha value is -1.42. The van der Waals surface area contributed by atoms with Gasteiger partial charge in [-0.05, 0) is 17.4 Å². The molecule has 2 unspecified atom stereocenters. The molecule has 2 rings (SSSR count). The lowest BCUT2D eigenvalue weighted by molar-refractivity contribution is -0.129. The third-order valence-electron chi connectivity index (χ3n) is 4.23. The highest BCUT2D eigenvalue weighted by atomic mass is 19.1. The Morgan fingerprint density at radius 3 is 2.65 bits per heavy atom. The Kier molecular flexibility index (Phi) is 4.14. The summed E-state index contributed by atoms with van der Waals surface area (Å²) in [6.45, 7) is 9.51. The lowest BCUT2D eigenvalue weighted by atomic mass is 9.81.